The number of hydrogen-bond acceptors (Lipinski definition) is 6. The third-order valence-corrected chi connectivity index (χ3v) is 5.39. The van der Waals surface area contributed by atoms with Crippen molar-refractivity contribution in [1.82, 2.24) is 25.0 Å². The number of hydrogen-bond donors (Lipinski definition) is 3. The average Bonchev–Trinajstić information content (AvgIpc) is 3.44. The highest BCUT2D eigenvalue weighted by molar-refractivity contribution is 6.32. The molecule has 0 saturated carbocycles. The number of aryl methyl sites for hydroxylation is 1. The molecule has 0 radical (unpaired) electrons. The van der Waals surface area contributed by atoms with Gasteiger partial charge in [0.1, 0.15) is 5.69 Å². The lowest BCUT2D eigenvalue weighted by molar-refractivity contribution is -0.290. The van der Waals surface area contributed by atoms with Crippen molar-refractivity contribution in [3.8, 4) is 11.7 Å². The quantitative estimate of drug-likeness (QED) is 0.301. The van der Waals surface area contributed by atoms with Gasteiger partial charge in [0, 0.05) is 17.6 Å². The predicted octanol–water partition coefficient (Wildman–Crippen LogP) is 4.03. The number of nitrogens with two attached hydrogens (primary N) is 1. The Morgan fingerprint density at radius 2 is 1.97 bits per heavy atom. The van der Waals surface area contributed by atoms with Gasteiger partial charge in [0.2, 0.25) is 5.88 Å². The first-order valence-corrected chi connectivity index (χ1v) is 10.5. The minimum absolute atomic E-state index is 0.000177. The second-order valence-electron chi connectivity index (χ2n) is 7.68. The van der Waals surface area contributed by atoms with E-state index in [4.69, 9.17) is 17.3 Å². The number of ether oxygens (including phenoxy) is 1. The molecule has 0 aliphatic heterocycles. The lowest BCUT2D eigenvalue weighted by atomic mass is 10.0. The number of anilines is 1. The van der Waals surface area contributed by atoms with Crippen molar-refractivity contribution in [2.75, 3.05) is 11.9 Å². The SMILES string of the molecule is Cc1cc2cn[nH]c2c(C(N)=O)c1NC(=O)c1cc(OCC(F)(F)C(F)(F)F)nn1-c1ncccc1Cl. The maximum Gasteiger partial charge on any atom is 0.456 e. The molecule has 3 heterocycles. The van der Waals surface area contributed by atoms with E-state index in [0.717, 1.165) is 10.7 Å². The summed E-state index contributed by atoms with van der Waals surface area (Å²) in [5.74, 6) is -7.94. The van der Waals surface area contributed by atoms with E-state index in [1.807, 2.05) is 0 Å². The molecule has 37 heavy (non-hydrogen) atoms. The fraction of sp³-hybridized carbons (Fsp3) is 0.190. The van der Waals surface area contributed by atoms with Crippen molar-refractivity contribution in [3.05, 3.63) is 58.5 Å². The highest BCUT2D eigenvalue weighted by Gasteiger charge is 2.58. The predicted molar refractivity (Wildman–Crippen MR) is 120 cm³/mol. The number of aromatic amines is 1. The van der Waals surface area contributed by atoms with E-state index in [-0.39, 0.29) is 27.6 Å². The normalized spacial score (nSPS) is 12.1. The molecule has 4 rings (SSSR count). The molecule has 0 unspecified atom stereocenters. The Morgan fingerprint density at radius 3 is 2.62 bits per heavy atom. The number of nitrogens with zero attached hydrogens (tertiary/aromatic N) is 4. The number of alkyl halides is 5. The molecule has 0 saturated heterocycles. The molecule has 0 bridgehead atoms. The van der Waals surface area contributed by atoms with Crippen molar-refractivity contribution >= 4 is 40.0 Å². The summed E-state index contributed by atoms with van der Waals surface area (Å²) in [6, 6.07) is 5.27. The molecule has 4 N–H and O–H groups in total. The maximum absolute atomic E-state index is 13.4. The van der Waals surface area contributed by atoms with Gasteiger partial charge in [-0.2, -0.15) is 27.1 Å². The van der Waals surface area contributed by atoms with Crippen molar-refractivity contribution in [1.29, 1.82) is 0 Å². The van der Waals surface area contributed by atoms with E-state index in [9.17, 15) is 31.5 Å². The summed E-state index contributed by atoms with van der Waals surface area (Å²) in [5, 5.41) is 13.3. The number of aromatic nitrogens is 5. The van der Waals surface area contributed by atoms with Crippen molar-refractivity contribution in [3.63, 3.8) is 0 Å². The lowest BCUT2D eigenvalue weighted by Gasteiger charge is -2.18. The van der Waals surface area contributed by atoms with Crippen LogP contribution in [0.25, 0.3) is 16.7 Å². The topological polar surface area (TPSA) is 141 Å². The monoisotopic (exact) mass is 543 g/mol. The van der Waals surface area contributed by atoms with E-state index in [2.05, 4.69) is 30.3 Å². The van der Waals surface area contributed by atoms with Gasteiger partial charge in [0.15, 0.2) is 12.4 Å². The van der Waals surface area contributed by atoms with Crippen LogP contribution in [0.5, 0.6) is 5.88 Å². The number of primary amides is 1. The first-order chi connectivity index (χ1) is 17.3. The number of carbonyl (C=O) groups is 2. The first-order valence-electron chi connectivity index (χ1n) is 10.2. The van der Waals surface area contributed by atoms with Gasteiger partial charge in [0.05, 0.1) is 28.0 Å². The number of carbonyl (C=O) groups excluding carboxylic acids is 2. The standard InChI is InChI=1S/C21H15ClF5N7O3/c1-9-5-10-7-30-32-16(10)14(17(28)35)15(9)31-19(36)12-6-13(37-8-20(23,24)21(25,26)27)33-34(12)18-11(22)3-2-4-29-18/h2-7H,8H2,1H3,(H2,28,35)(H,30,32)(H,31,36). The van der Waals surface area contributed by atoms with E-state index in [1.54, 1.807) is 13.0 Å². The summed E-state index contributed by atoms with van der Waals surface area (Å²) in [4.78, 5) is 29.5. The highest BCUT2D eigenvalue weighted by Crippen LogP contribution is 2.36. The fourth-order valence-electron chi connectivity index (χ4n) is 3.35. The number of rotatable bonds is 7. The van der Waals surface area contributed by atoms with Crippen LogP contribution in [0.3, 0.4) is 0 Å². The minimum atomic E-state index is -5.87. The molecule has 10 nitrogen and oxygen atoms in total. The smallest absolute Gasteiger partial charge is 0.456 e. The molecule has 4 aromatic rings. The zero-order valence-electron chi connectivity index (χ0n) is 18.5. The summed E-state index contributed by atoms with van der Waals surface area (Å²) in [6.07, 6.45) is -3.14. The molecule has 0 aliphatic rings. The Morgan fingerprint density at radius 1 is 1.24 bits per heavy atom. The molecule has 0 aliphatic carbocycles. The van der Waals surface area contributed by atoms with Crippen LogP contribution in [0.15, 0.2) is 36.7 Å². The molecule has 0 atom stereocenters. The Balaban J connectivity index is 1.76. The van der Waals surface area contributed by atoms with E-state index in [1.165, 1.54) is 24.5 Å². The van der Waals surface area contributed by atoms with Gasteiger partial charge >= 0.3 is 12.1 Å². The van der Waals surface area contributed by atoms with Gasteiger partial charge < -0.3 is 15.8 Å². The van der Waals surface area contributed by atoms with E-state index in [0.29, 0.717) is 10.9 Å². The average molecular weight is 544 g/mol. The lowest BCUT2D eigenvalue weighted by Crippen LogP contribution is -2.41. The third kappa shape index (κ3) is 4.89. The van der Waals surface area contributed by atoms with Crippen molar-refractivity contribution in [2.45, 2.75) is 19.0 Å². The molecule has 1 aromatic carbocycles. The molecule has 3 aromatic heterocycles. The maximum atomic E-state index is 13.4. The number of fused-ring (bicyclic) bond motifs is 1. The van der Waals surface area contributed by atoms with E-state index < -0.39 is 42.1 Å². The third-order valence-electron chi connectivity index (χ3n) is 5.10. The summed E-state index contributed by atoms with van der Waals surface area (Å²) in [5.41, 5.74) is 5.67. The Bertz CT molecular complexity index is 1520. The van der Waals surface area contributed by atoms with Gasteiger partial charge in [-0.05, 0) is 30.7 Å². The van der Waals surface area contributed by atoms with Gasteiger partial charge in [-0.3, -0.25) is 14.7 Å². The van der Waals surface area contributed by atoms with Crippen LogP contribution >= 0.6 is 11.6 Å². The van der Waals surface area contributed by atoms with Gasteiger partial charge in [0.25, 0.3) is 11.8 Å². The van der Waals surface area contributed by atoms with Crippen LogP contribution in [-0.2, 0) is 0 Å². The Labute approximate surface area is 208 Å². The number of halogens is 6. The zero-order chi connectivity index (χ0) is 27.1. The number of pyridine rings is 1. The fourth-order valence-corrected chi connectivity index (χ4v) is 3.55. The van der Waals surface area contributed by atoms with Gasteiger partial charge in [-0.15, -0.1) is 5.10 Å². The van der Waals surface area contributed by atoms with Crippen molar-refractivity contribution < 1.29 is 36.3 Å². The van der Waals surface area contributed by atoms with E-state index >= 15 is 0 Å². The van der Waals surface area contributed by atoms with Crippen LogP contribution in [0, 0.1) is 6.92 Å². The molecule has 2 amide bonds. The Kier molecular flexibility index (Phi) is 6.50. The van der Waals surface area contributed by atoms with Gasteiger partial charge in [-0.1, -0.05) is 11.6 Å². The minimum Gasteiger partial charge on any atom is -0.470 e. The highest BCUT2D eigenvalue weighted by atomic mass is 35.5. The summed E-state index contributed by atoms with van der Waals surface area (Å²) >= 11 is 6.12. The van der Waals surface area contributed by atoms with Crippen LogP contribution < -0.4 is 15.8 Å². The van der Waals surface area contributed by atoms with Crippen LogP contribution in [0.1, 0.15) is 26.4 Å². The van der Waals surface area contributed by atoms with Gasteiger partial charge in [-0.25, -0.2) is 9.67 Å². The summed E-state index contributed by atoms with van der Waals surface area (Å²) in [6.45, 7) is -0.513. The molecule has 0 fully saturated rings. The number of benzene rings is 1. The zero-order valence-corrected chi connectivity index (χ0v) is 19.3. The van der Waals surface area contributed by atoms with Crippen molar-refractivity contribution in [2.24, 2.45) is 5.73 Å². The van der Waals surface area contributed by atoms with Crippen LogP contribution in [0.2, 0.25) is 5.02 Å². The second-order valence-corrected chi connectivity index (χ2v) is 8.08. The molecular formula is C21H15ClF5N7O3. The number of amides is 2. The summed E-state index contributed by atoms with van der Waals surface area (Å²) in [7, 11) is 0. The molecule has 0 spiro atoms. The summed E-state index contributed by atoms with van der Waals surface area (Å²) < 4.78 is 69.8. The second kappa shape index (κ2) is 9.31. The Hall–Kier alpha value is -4.27. The van der Waals surface area contributed by atoms with Crippen LogP contribution in [0.4, 0.5) is 27.6 Å². The molecule has 194 valence electrons. The molecule has 16 heteroatoms. The largest absolute Gasteiger partial charge is 0.470 e. The number of H-pyrrole nitrogens is 1. The first kappa shape index (κ1) is 25.8. The number of nitrogens with one attached hydrogen (secondary N) is 2. The molecular weight excluding hydrogens is 529 g/mol. The van der Waals surface area contributed by atoms with Crippen LogP contribution in [-0.4, -0.2) is 55.5 Å².